The van der Waals surface area contributed by atoms with E-state index in [2.05, 4.69) is 40.7 Å². The van der Waals surface area contributed by atoms with Gasteiger partial charge in [-0.2, -0.15) is 0 Å². The second-order valence-corrected chi connectivity index (χ2v) is 12.2. The predicted octanol–water partition coefficient (Wildman–Crippen LogP) is 7.39. The minimum absolute atomic E-state index is 0.0376. The number of allylic oxidation sites excluding steroid dienone is 2. The van der Waals surface area contributed by atoms with Crippen molar-refractivity contribution in [2.75, 3.05) is 0 Å². The molecule has 0 heterocycles. The maximum Gasteiger partial charge on any atom is 0.0543 e. The van der Waals surface area contributed by atoms with Gasteiger partial charge in [0, 0.05) is 0 Å². The van der Waals surface area contributed by atoms with Crippen LogP contribution in [0.15, 0.2) is 11.6 Å². The Bertz CT molecular complexity index is 591. The molecular formula is C27H46O. The lowest BCUT2D eigenvalue weighted by molar-refractivity contribution is -0.0427. The Hall–Kier alpha value is -0.300. The van der Waals surface area contributed by atoms with Gasteiger partial charge in [-0.05, 0) is 97.7 Å². The van der Waals surface area contributed by atoms with Gasteiger partial charge in [-0.15, -0.1) is 0 Å². The molecule has 3 saturated carbocycles. The van der Waals surface area contributed by atoms with Gasteiger partial charge >= 0.3 is 0 Å². The Balaban J connectivity index is 1.50. The lowest BCUT2D eigenvalue weighted by Gasteiger charge is -2.57. The first-order valence-electron chi connectivity index (χ1n) is 12.6. The zero-order valence-corrected chi connectivity index (χ0v) is 19.3. The van der Waals surface area contributed by atoms with Crippen molar-refractivity contribution in [2.24, 2.45) is 46.3 Å². The minimum Gasteiger partial charge on any atom is -0.393 e. The summed E-state index contributed by atoms with van der Waals surface area (Å²) in [4.78, 5) is 0. The molecular weight excluding hydrogens is 340 g/mol. The Morgan fingerprint density at radius 1 is 0.964 bits per heavy atom. The maximum absolute atomic E-state index is 10.2. The van der Waals surface area contributed by atoms with Gasteiger partial charge in [-0.1, -0.05) is 65.5 Å². The van der Waals surface area contributed by atoms with Crippen LogP contribution < -0.4 is 0 Å². The number of hydrogen-bond acceptors (Lipinski definition) is 1. The van der Waals surface area contributed by atoms with Crippen LogP contribution in [0.1, 0.15) is 105 Å². The van der Waals surface area contributed by atoms with Gasteiger partial charge in [0.25, 0.3) is 0 Å². The highest BCUT2D eigenvalue weighted by atomic mass is 16.3. The Kier molecular flexibility index (Phi) is 5.80. The molecule has 4 rings (SSSR count). The summed E-state index contributed by atoms with van der Waals surface area (Å²) in [5.41, 5.74) is 2.89. The number of hydrogen-bond donors (Lipinski definition) is 1. The molecule has 0 spiro atoms. The Morgan fingerprint density at radius 2 is 1.68 bits per heavy atom. The van der Waals surface area contributed by atoms with E-state index in [1.54, 1.807) is 0 Å². The van der Waals surface area contributed by atoms with Gasteiger partial charge in [0.15, 0.2) is 0 Å². The third kappa shape index (κ3) is 3.42. The van der Waals surface area contributed by atoms with Crippen LogP contribution in [0.25, 0.3) is 0 Å². The van der Waals surface area contributed by atoms with Gasteiger partial charge in [0.2, 0.25) is 0 Å². The third-order valence-corrected chi connectivity index (χ3v) is 10.3. The molecule has 0 bridgehead atoms. The van der Waals surface area contributed by atoms with E-state index in [1.165, 1.54) is 57.8 Å². The van der Waals surface area contributed by atoms with E-state index in [9.17, 15) is 5.11 Å². The van der Waals surface area contributed by atoms with E-state index in [0.717, 1.165) is 48.3 Å². The molecule has 0 radical (unpaired) electrons. The number of fused-ring (bicyclic) bond motifs is 5. The first kappa shape index (κ1) is 21.0. The Labute approximate surface area is 174 Å². The second kappa shape index (κ2) is 7.75. The molecule has 160 valence electrons. The van der Waals surface area contributed by atoms with Gasteiger partial charge in [-0.3, -0.25) is 0 Å². The fraction of sp³-hybridized carbons (Fsp3) is 0.926. The fourth-order valence-electron chi connectivity index (χ4n) is 8.51. The van der Waals surface area contributed by atoms with E-state index < -0.39 is 0 Å². The average Bonchev–Trinajstić information content (AvgIpc) is 2.99. The van der Waals surface area contributed by atoms with Crippen molar-refractivity contribution in [3.8, 4) is 0 Å². The lowest BCUT2D eigenvalue weighted by atomic mass is 9.47. The van der Waals surface area contributed by atoms with E-state index >= 15 is 0 Å². The lowest BCUT2D eigenvalue weighted by Crippen LogP contribution is -2.49. The van der Waals surface area contributed by atoms with Crippen LogP contribution in [0, 0.1) is 46.3 Å². The molecule has 4 aliphatic rings. The van der Waals surface area contributed by atoms with Crippen molar-refractivity contribution in [3.63, 3.8) is 0 Å². The summed E-state index contributed by atoms with van der Waals surface area (Å²) in [7, 11) is 0. The van der Waals surface area contributed by atoms with Crippen LogP contribution in [0.4, 0.5) is 0 Å². The minimum atomic E-state index is -0.0376. The summed E-state index contributed by atoms with van der Waals surface area (Å²) in [5.74, 6) is 5.07. The molecule has 28 heavy (non-hydrogen) atoms. The molecule has 1 nitrogen and oxygen atoms in total. The predicted molar refractivity (Wildman–Crippen MR) is 119 cm³/mol. The van der Waals surface area contributed by atoms with Crippen LogP contribution >= 0.6 is 0 Å². The summed E-state index contributed by atoms with van der Waals surface area (Å²) in [6.07, 6.45) is 17.2. The van der Waals surface area contributed by atoms with Crippen LogP contribution in [-0.4, -0.2) is 11.2 Å². The maximum atomic E-state index is 10.2. The van der Waals surface area contributed by atoms with Gasteiger partial charge < -0.3 is 5.11 Å². The first-order chi connectivity index (χ1) is 13.3. The number of aliphatic hydroxyl groups is 1. The molecule has 0 unspecified atom stereocenters. The van der Waals surface area contributed by atoms with Crippen molar-refractivity contribution >= 4 is 0 Å². The zero-order chi connectivity index (χ0) is 20.1. The van der Waals surface area contributed by atoms with Crippen molar-refractivity contribution in [2.45, 2.75) is 111 Å². The van der Waals surface area contributed by atoms with Crippen LogP contribution in [-0.2, 0) is 0 Å². The van der Waals surface area contributed by atoms with Crippen molar-refractivity contribution in [1.82, 2.24) is 0 Å². The van der Waals surface area contributed by atoms with E-state index in [-0.39, 0.29) is 6.10 Å². The van der Waals surface area contributed by atoms with Gasteiger partial charge in [0.1, 0.15) is 0 Å². The van der Waals surface area contributed by atoms with E-state index in [1.807, 2.05) is 5.57 Å². The van der Waals surface area contributed by atoms with Crippen molar-refractivity contribution < 1.29 is 5.11 Å². The molecule has 0 saturated heterocycles. The highest BCUT2D eigenvalue weighted by molar-refractivity contribution is 5.27. The topological polar surface area (TPSA) is 20.2 Å². The van der Waals surface area contributed by atoms with Crippen LogP contribution in [0.2, 0.25) is 0 Å². The highest BCUT2D eigenvalue weighted by Crippen LogP contribution is 2.66. The highest BCUT2D eigenvalue weighted by Gasteiger charge is 2.58. The summed E-state index contributed by atoms with van der Waals surface area (Å²) < 4.78 is 0. The second-order valence-electron chi connectivity index (χ2n) is 12.2. The SMILES string of the molecule is CC(C)CCC[C@@H](C)[C@H]1CC[C@H]2C3=CC[C@H]4C[C@@H](O)CC[C@]4(C)[C@@H]3CC[C@]12C. The molecule has 1 N–H and O–H groups in total. The standard InChI is InChI=1S/C27H46O/c1-18(2)7-6-8-19(3)23-11-12-24-22-10-9-20-17-21(28)13-15-26(20,4)25(22)14-16-27(23,24)5/h10,18-21,23-25,28H,6-9,11-17H2,1-5H3/t19-,20+,21+,23-,24+,25-,26+,27-/m1/s1. The van der Waals surface area contributed by atoms with Gasteiger partial charge in [0.05, 0.1) is 6.10 Å². The van der Waals surface area contributed by atoms with Crippen LogP contribution in [0.3, 0.4) is 0 Å². The summed E-state index contributed by atoms with van der Waals surface area (Å²) in [5, 5.41) is 10.2. The third-order valence-electron chi connectivity index (χ3n) is 10.3. The molecule has 0 aromatic rings. The van der Waals surface area contributed by atoms with E-state index in [4.69, 9.17) is 0 Å². The average molecular weight is 387 g/mol. The smallest absolute Gasteiger partial charge is 0.0543 e. The molecule has 0 amide bonds. The van der Waals surface area contributed by atoms with E-state index in [0.29, 0.717) is 10.8 Å². The number of aliphatic hydroxyl groups excluding tert-OH is 1. The molecule has 1 heteroatoms. The largest absolute Gasteiger partial charge is 0.393 e. The zero-order valence-electron chi connectivity index (χ0n) is 19.3. The molecule has 3 fully saturated rings. The first-order valence-corrected chi connectivity index (χ1v) is 12.6. The fourth-order valence-corrected chi connectivity index (χ4v) is 8.51. The summed E-state index contributed by atoms with van der Waals surface area (Å²) in [6.45, 7) is 12.6. The van der Waals surface area contributed by atoms with Crippen molar-refractivity contribution in [1.29, 1.82) is 0 Å². The normalized spacial score (nSPS) is 46.5. The van der Waals surface area contributed by atoms with Crippen LogP contribution in [0.5, 0.6) is 0 Å². The number of rotatable bonds is 5. The molecule has 0 aliphatic heterocycles. The Morgan fingerprint density at radius 3 is 2.43 bits per heavy atom. The molecule has 4 aliphatic carbocycles. The van der Waals surface area contributed by atoms with Gasteiger partial charge in [-0.25, -0.2) is 0 Å². The molecule has 0 aromatic carbocycles. The molecule has 8 atom stereocenters. The van der Waals surface area contributed by atoms with Crippen molar-refractivity contribution in [3.05, 3.63) is 11.6 Å². The summed E-state index contributed by atoms with van der Waals surface area (Å²) in [6, 6.07) is 0. The molecule has 0 aromatic heterocycles. The quantitative estimate of drug-likeness (QED) is 0.488. The monoisotopic (exact) mass is 386 g/mol. The summed E-state index contributed by atoms with van der Waals surface area (Å²) >= 11 is 0.